The van der Waals surface area contributed by atoms with E-state index in [0.717, 1.165) is 0 Å². The lowest BCUT2D eigenvalue weighted by atomic mass is 10.2. The van der Waals surface area contributed by atoms with Gasteiger partial charge in [0.25, 0.3) is 0 Å². The second-order valence-electron chi connectivity index (χ2n) is 3.68. The van der Waals surface area contributed by atoms with Crippen LogP contribution in [0.5, 0.6) is 0 Å². The van der Waals surface area contributed by atoms with Crippen molar-refractivity contribution in [2.75, 3.05) is 5.32 Å². The molecule has 0 aliphatic carbocycles. The number of hydrogen-bond acceptors (Lipinski definition) is 2. The van der Waals surface area contributed by atoms with Crippen LogP contribution in [-0.4, -0.2) is 28.1 Å². The third-order valence-electron chi connectivity index (χ3n) is 2.42. The number of hydrogen-bond donors (Lipinski definition) is 3. The average molecular weight is 272 g/mol. The van der Waals surface area contributed by atoms with Gasteiger partial charge in [0.1, 0.15) is 5.69 Å². The van der Waals surface area contributed by atoms with Crippen molar-refractivity contribution in [3.05, 3.63) is 30.0 Å². The number of fused-ring (bicyclic) bond motifs is 1. The first-order chi connectivity index (χ1) is 8.80. The topological polar surface area (TPSA) is 82.2 Å². The molecule has 2 rings (SSSR count). The molecule has 5 nitrogen and oxygen atoms in total. The molecule has 0 bridgehead atoms. The van der Waals surface area contributed by atoms with Crippen LogP contribution in [0.3, 0.4) is 0 Å². The predicted octanol–water partition coefficient (Wildman–Crippen LogP) is 2.37. The SMILES string of the molecule is O=C(O)c1[nH]c2ccccc2c1NC(=O)C(F)(F)F. The number of carboxylic acid groups (broad SMARTS) is 1. The molecular formula is C11H7F3N2O3. The first-order valence-corrected chi connectivity index (χ1v) is 5.03. The van der Waals surface area contributed by atoms with Crippen LogP contribution in [0.1, 0.15) is 10.5 Å². The molecular weight excluding hydrogens is 265 g/mol. The molecule has 19 heavy (non-hydrogen) atoms. The van der Waals surface area contributed by atoms with Crippen molar-refractivity contribution in [2.24, 2.45) is 0 Å². The number of carbonyl (C=O) groups excluding carboxylic acids is 1. The molecule has 0 atom stereocenters. The molecule has 0 saturated carbocycles. The summed E-state index contributed by atoms with van der Waals surface area (Å²) in [5.74, 6) is -3.69. The van der Waals surface area contributed by atoms with Crippen LogP contribution >= 0.6 is 0 Å². The number of carbonyl (C=O) groups is 2. The lowest BCUT2D eigenvalue weighted by molar-refractivity contribution is -0.167. The molecule has 1 aromatic carbocycles. The molecule has 0 fully saturated rings. The Morgan fingerprint density at radius 1 is 1.21 bits per heavy atom. The summed E-state index contributed by atoms with van der Waals surface area (Å²) in [5.41, 5.74) is -0.582. The van der Waals surface area contributed by atoms with E-state index in [1.54, 1.807) is 11.4 Å². The number of rotatable bonds is 2. The number of nitrogens with one attached hydrogen (secondary N) is 2. The van der Waals surface area contributed by atoms with Gasteiger partial charge in [0.2, 0.25) is 0 Å². The molecule has 8 heteroatoms. The molecule has 0 unspecified atom stereocenters. The Labute approximate surface area is 104 Å². The van der Waals surface area contributed by atoms with Crippen LogP contribution in [0.4, 0.5) is 18.9 Å². The molecule has 0 aliphatic rings. The molecule has 1 amide bonds. The summed E-state index contributed by atoms with van der Waals surface area (Å²) in [7, 11) is 0. The summed E-state index contributed by atoms with van der Waals surface area (Å²) in [6.45, 7) is 0. The molecule has 0 spiro atoms. The third-order valence-corrected chi connectivity index (χ3v) is 2.42. The molecule has 0 saturated heterocycles. The van der Waals surface area contributed by atoms with Crippen molar-refractivity contribution in [3.63, 3.8) is 0 Å². The van der Waals surface area contributed by atoms with E-state index >= 15 is 0 Å². The van der Waals surface area contributed by atoms with Gasteiger partial charge < -0.3 is 15.4 Å². The highest BCUT2D eigenvalue weighted by atomic mass is 19.4. The van der Waals surface area contributed by atoms with Gasteiger partial charge in [-0.3, -0.25) is 4.79 Å². The maximum absolute atomic E-state index is 12.2. The fraction of sp³-hybridized carbons (Fsp3) is 0.0909. The number of H-pyrrole nitrogens is 1. The number of benzene rings is 1. The maximum atomic E-state index is 12.2. The van der Waals surface area contributed by atoms with Gasteiger partial charge in [0.05, 0.1) is 5.69 Å². The van der Waals surface area contributed by atoms with E-state index in [0.29, 0.717) is 5.52 Å². The van der Waals surface area contributed by atoms with Crippen molar-refractivity contribution in [1.29, 1.82) is 0 Å². The van der Waals surface area contributed by atoms with Gasteiger partial charge in [-0.2, -0.15) is 13.2 Å². The monoisotopic (exact) mass is 272 g/mol. The van der Waals surface area contributed by atoms with Gasteiger partial charge in [-0.25, -0.2) is 4.79 Å². The Morgan fingerprint density at radius 2 is 1.84 bits per heavy atom. The number of para-hydroxylation sites is 1. The van der Waals surface area contributed by atoms with E-state index in [1.165, 1.54) is 18.2 Å². The van der Waals surface area contributed by atoms with Gasteiger partial charge in [0, 0.05) is 10.9 Å². The van der Waals surface area contributed by atoms with Crippen LogP contribution in [0, 0.1) is 0 Å². The summed E-state index contributed by atoms with van der Waals surface area (Å²) < 4.78 is 36.6. The molecule has 3 N–H and O–H groups in total. The fourth-order valence-electron chi connectivity index (χ4n) is 1.62. The van der Waals surface area contributed by atoms with E-state index in [9.17, 15) is 22.8 Å². The van der Waals surface area contributed by atoms with E-state index in [2.05, 4.69) is 4.98 Å². The standard InChI is InChI=1S/C11H7F3N2O3/c12-11(13,14)10(19)16-7-5-3-1-2-4-6(5)15-8(7)9(17)18/h1-4,15H,(H,16,19)(H,17,18). The highest BCUT2D eigenvalue weighted by molar-refractivity contribution is 6.11. The normalized spacial score (nSPS) is 11.5. The van der Waals surface area contributed by atoms with Crippen LogP contribution in [0.25, 0.3) is 10.9 Å². The first-order valence-electron chi connectivity index (χ1n) is 5.03. The number of aromatic carboxylic acids is 1. The minimum Gasteiger partial charge on any atom is -0.477 e. The summed E-state index contributed by atoms with van der Waals surface area (Å²) in [4.78, 5) is 24.3. The highest BCUT2D eigenvalue weighted by Gasteiger charge is 2.39. The van der Waals surface area contributed by atoms with Gasteiger partial charge in [-0.1, -0.05) is 18.2 Å². The van der Waals surface area contributed by atoms with Crippen molar-refractivity contribution in [3.8, 4) is 0 Å². The van der Waals surface area contributed by atoms with Crippen molar-refractivity contribution in [1.82, 2.24) is 4.98 Å². The second kappa shape index (κ2) is 4.30. The largest absolute Gasteiger partial charge is 0.477 e. The zero-order valence-electron chi connectivity index (χ0n) is 9.21. The fourth-order valence-corrected chi connectivity index (χ4v) is 1.62. The van der Waals surface area contributed by atoms with Crippen molar-refractivity contribution in [2.45, 2.75) is 6.18 Å². The number of anilines is 1. The van der Waals surface area contributed by atoms with Gasteiger partial charge >= 0.3 is 18.1 Å². The summed E-state index contributed by atoms with van der Waals surface area (Å²) in [6.07, 6.45) is -5.09. The lowest BCUT2D eigenvalue weighted by Gasteiger charge is -2.07. The van der Waals surface area contributed by atoms with Crippen molar-refractivity contribution < 1.29 is 27.9 Å². The molecule has 0 radical (unpaired) electrons. The summed E-state index contributed by atoms with van der Waals surface area (Å²) >= 11 is 0. The van der Waals surface area contributed by atoms with Gasteiger partial charge in [0.15, 0.2) is 0 Å². The minimum atomic E-state index is -5.09. The smallest absolute Gasteiger partial charge is 0.471 e. The Bertz CT molecular complexity index is 661. The number of aromatic amines is 1. The Morgan fingerprint density at radius 3 is 2.42 bits per heavy atom. The lowest BCUT2D eigenvalue weighted by Crippen LogP contribution is -2.30. The van der Waals surface area contributed by atoms with Gasteiger partial charge in [-0.05, 0) is 6.07 Å². The van der Waals surface area contributed by atoms with E-state index in [1.807, 2.05) is 0 Å². The van der Waals surface area contributed by atoms with Crippen LogP contribution in [0.2, 0.25) is 0 Å². The molecule has 100 valence electrons. The maximum Gasteiger partial charge on any atom is 0.471 e. The Kier molecular flexibility index (Phi) is 2.93. The first kappa shape index (κ1) is 12.9. The van der Waals surface area contributed by atoms with Gasteiger partial charge in [-0.15, -0.1) is 0 Å². The number of carboxylic acids is 1. The number of alkyl halides is 3. The second-order valence-corrected chi connectivity index (χ2v) is 3.68. The quantitative estimate of drug-likeness (QED) is 0.784. The van der Waals surface area contributed by atoms with Crippen LogP contribution < -0.4 is 5.32 Å². The molecule has 1 heterocycles. The number of aromatic nitrogens is 1. The average Bonchev–Trinajstić information content (AvgIpc) is 2.67. The Balaban J connectivity index is 2.54. The highest BCUT2D eigenvalue weighted by Crippen LogP contribution is 2.29. The summed E-state index contributed by atoms with van der Waals surface area (Å²) in [5, 5.41) is 10.7. The third kappa shape index (κ3) is 2.37. The Hall–Kier alpha value is -2.51. The van der Waals surface area contributed by atoms with E-state index in [-0.39, 0.29) is 5.39 Å². The van der Waals surface area contributed by atoms with Crippen LogP contribution in [-0.2, 0) is 4.79 Å². The van der Waals surface area contributed by atoms with Crippen LogP contribution in [0.15, 0.2) is 24.3 Å². The summed E-state index contributed by atoms with van der Waals surface area (Å²) in [6, 6.07) is 6.00. The number of amides is 1. The van der Waals surface area contributed by atoms with E-state index in [4.69, 9.17) is 5.11 Å². The molecule has 2 aromatic rings. The van der Waals surface area contributed by atoms with Crippen molar-refractivity contribution >= 4 is 28.5 Å². The zero-order chi connectivity index (χ0) is 14.2. The predicted molar refractivity (Wildman–Crippen MR) is 59.9 cm³/mol. The molecule has 0 aliphatic heterocycles. The zero-order valence-corrected chi connectivity index (χ0v) is 9.21. The number of halogens is 3. The van der Waals surface area contributed by atoms with E-state index < -0.39 is 29.4 Å². The molecule has 1 aromatic heterocycles. The minimum absolute atomic E-state index is 0.192.